The van der Waals surface area contributed by atoms with E-state index in [9.17, 15) is 9.59 Å². The lowest BCUT2D eigenvalue weighted by atomic mass is 10.00. The van der Waals surface area contributed by atoms with Gasteiger partial charge in [-0.15, -0.1) is 0 Å². The summed E-state index contributed by atoms with van der Waals surface area (Å²) in [6.07, 6.45) is 0.0328. The minimum absolute atomic E-state index is 0.0235. The number of rotatable bonds is 4. The zero-order chi connectivity index (χ0) is 11.6. The maximum Gasteiger partial charge on any atom is 0.410 e. The zero-order valence-electron chi connectivity index (χ0n) is 9.32. The smallest absolute Gasteiger partial charge is 0.410 e. The Balaban J connectivity index is 2.58. The highest BCUT2D eigenvalue weighted by Crippen LogP contribution is 2.28. The second-order valence-electron chi connectivity index (χ2n) is 4.43. The van der Waals surface area contributed by atoms with Gasteiger partial charge in [0, 0.05) is 12.5 Å². The molecule has 1 saturated heterocycles. The molecule has 1 atom stereocenters. The van der Waals surface area contributed by atoms with Gasteiger partial charge in [0.25, 0.3) is 0 Å². The molecule has 15 heavy (non-hydrogen) atoms. The first-order valence-corrected chi connectivity index (χ1v) is 5.05. The molecule has 1 fully saturated rings. The van der Waals surface area contributed by atoms with Crippen LogP contribution in [-0.4, -0.2) is 40.3 Å². The van der Waals surface area contributed by atoms with Crippen molar-refractivity contribution in [1.82, 2.24) is 4.90 Å². The maximum absolute atomic E-state index is 11.4. The minimum Gasteiger partial charge on any atom is -0.481 e. The zero-order valence-corrected chi connectivity index (χ0v) is 9.32. The summed E-state index contributed by atoms with van der Waals surface area (Å²) in [7, 11) is 0. The molecule has 5 nitrogen and oxygen atoms in total. The summed E-state index contributed by atoms with van der Waals surface area (Å²) < 4.78 is 5.20. The summed E-state index contributed by atoms with van der Waals surface area (Å²) in [5.41, 5.74) is -0.653. The van der Waals surface area contributed by atoms with E-state index >= 15 is 0 Å². The van der Waals surface area contributed by atoms with E-state index in [1.807, 2.05) is 13.8 Å². The first-order valence-electron chi connectivity index (χ1n) is 5.05. The van der Waals surface area contributed by atoms with E-state index in [1.54, 1.807) is 11.8 Å². The molecule has 0 radical (unpaired) electrons. The van der Waals surface area contributed by atoms with Gasteiger partial charge in [0.1, 0.15) is 5.60 Å². The lowest BCUT2D eigenvalue weighted by molar-refractivity contribution is -0.138. The molecule has 0 aromatic rings. The van der Waals surface area contributed by atoms with Crippen LogP contribution in [0.4, 0.5) is 4.79 Å². The maximum atomic E-state index is 11.4. The molecule has 0 aliphatic carbocycles. The molecule has 0 spiro atoms. The van der Waals surface area contributed by atoms with E-state index in [0.29, 0.717) is 13.0 Å². The van der Waals surface area contributed by atoms with E-state index in [-0.39, 0.29) is 18.6 Å². The normalized spacial score (nSPS) is 25.9. The predicted octanol–water partition coefficient (Wildman–Crippen LogP) is 1.47. The summed E-state index contributed by atoms with van der Waals surface area (Å²) in [6.45, 7) is 6.06. The Morgan fingerprint density at radius 3 is 2.67 bits per heavy atom. The molecule has 1 aliphatic rings. The number of hydrogen-bond acceptors (Lipinski definition) is 3. The molecule has 5 heteroatoms. The van der Waals surface area contributed by atoms with Crippen LogP contribution in [0.1, 0.15) is 33.6 Å². The molecule has 1 rings (SSSR count). The van der Waals surface area contributed by atoms with Crippen LogP contribution in [0, 0.1) is 0 Å². The SMILES string of the molecule is CC(C)N1CC(C)(CCC(=O)O)OC1=O. The van der Waals surface area contributed by atoms with E-state index < -0.39 is 11.6 Å². The Kier molecular flexibility index (Phi) is 3.21. The van der Waals surface area contributed by atoms with E-state index in [1.165, 1.54) is 0 Å². The molecule has 1 aliphatic heterocycles. The third kappa shape index (κ3) is 2.84. The van der Waals surface area contributed by atoms with Crippen LogP contribution in [0.25, 0.3) is 0 Å². The van der Waals surface area contributed by atoms with Crippen molar-refractivity contribution in [3.05, 3.63) is 0 Å². The first kappa shape index (κ1) is 11.8. The number of carboxylic acid groups (broad SMARTS) is 1. The second kappa shape index (κ2) is 4.08. The Labute approximate surface area is 89.0 Å². The highest BCUT2D eigenvalue weighted by atomic mass is 16.6. The molecular formula is C10H17NO4. The molecule has 0 bridgehead atoms. The number of nitrogens with zero attached hydrogens (tertiary/aromatic N) is 1. The fourth-order valence-corrected chi connectivity index (χ4v) is 1.62. The molecule has 0 aromatic carbocycles. The number of carbonyl (C=O) groups excluding carboxylic acids is 1. The number of ether oxygens (including phenoxy) is 1. The van der Waals surface area contributed by atoms with Gasteiger partial charge in [-0.25, -0.2) is 4.79 Å². The third-order valence-electron chi connectivity index (χ3n) is 2.56. The second-order valence-corrected chi connectivity index (χ2v) is 4.43. The summed E-state index contributed by atoms with van der Waals surface area (Å²) in [5.74, 6) is -0.865. The van der Waals surface area contributed by atoms with Crippen molar-refractivity contribution in [3.8, 4) is 0 Å². The number of carbonyl (C=O) groups is 2. The Hall–Kier alpha value is -1.26. The largest absolute Gasteiger partial charge is 0.481 e. The molecule has 1 N–H and O–H groups in total. The van der Waals surface area contributed by atoms with Crippen molar-refractivity contribution in [3.63, 3.8) is 0 Å². The molecule has 0 aromatic heterocycles. The number of amides is 1. The third-order valence-corrected chi connectivity index (χ3v) is 2.56. The Morgan fingerprint density at radius 2 is 2.27 bits per heavy atom. The van der Waals surface area contributed by atoms with Crippen LogP contribution in [0.5, 0.6) is 0 Å². The Bertz CT molecular complexity index is 277. The summed E-state index contributed by atoms with van der Waals surface area (Å²) in [4.78, 5) is 23.5. The number of hydrogen-bond donors (Lipinski definition) is 1. The van der Waals surface area contributed by atoms with Gasteiger partial charge in [0.15, 0.2) is 0 Å². The van der Waals surface area contributed by atoms with Gasteiger partial charge in [-0.2, -0.15) is 0 Å². The molecule has 1 amide bonds. The van der Waals surface area contributed by atoms with Crippen molar-refractivity contribution < 1.29 is 19.4 Å². The average molecular weight is 215 g/mol. The number of carboxylic acids is 1. The molecule has 1 heterocycles. The highest BCUT2D eigenvalue weighted by Gasteiger charge is 2.42. The minimum atomic E-state index is -0.865. The van der Waals surface area contributed by atoms with Gasteiger partial charge < -0.3 is 14.7 Å². The molecule has 1 unspecified atom stereocenters. The van der Waals surface area contributed by atoms with Gasteiger partial charge >= 0.3 is 12.1 Å². The van der Waals surface area contributed by atoms with Crippen molar-refractivity contribution in [2.45, 2.75) is 45.3 Å². The number of cyclic esters (lactones) is 1. The quantitative estimate of drug-likeness (QED) is 0.771. The van der Waals surface area contributed by atoms with Crippen molar-refractivity contribution in [2.24, 2.45) is 0 Å². The summed E-state index contributed by atoms with van der Waals surface area (Å²) >= 11 is 0. The van der Waals surface area contributed by atoms with Gasteiger partial charge in [0.2, 0.25) is 0 Å². The van der Waals surface area contributed by atoms with Crippen LogP contribution < -0.4 is 0 Å². The van der Waals surface area contributed by atoms with E-state index in [4.69, 9.17) is 9.84 Å². The van der Waals surface area contributed by atoms with Crippen LogP contribution >= 0.6 is 0 Å². The summed E-state index contributed by atoms with van der Waals surface area (Å²) in [5, 5.41) is 8.58. The summed E-state index contributed by atoms with van der Waals surface area (Å²) in [6, 6.07) is 0.0872. The van der Waals surface area contributed by atoms with Gasteiger partial charge in [-0.3, -0.25) is 4.79 Å². The monoisotopic (exact) mass is 215 g/mol. The molecule has 0 saturated carbocycles. The molecular weight excluding hydrogens is 198 g/mol. The van der Waals surface area contributed by atoms with Crippen LogP contribution in [-0.2, 0) is 9.53 Å². The molecule has 86 valence electrons. The first-order chi connectivity index (χ1) is 6.84. The predicted molar refractivity (Wildman–Crippen MR) is 53.6 cm³/mol. The fourth-order valence-electron chi connectivity index (χ4n) is 1.62. The van der Waals surface area contributed by atoms with Crippen LogP contribution in [0.2, 0.25) is 0 Å². The highest BCUT2D eigenvalue weighted by molar-refractivity contribution is 5.71. The van der Waals surface area contributed by atoms with Crippen LogP contribution in [0.3, 0.4) is 0 Å². The van der Waals surface area contributed by atoms with Gasteiger partial charge in [-0.1, -0.05) is 0 Å². The topological polar surface area (TPSA) is 66.8 Å². The van der Waals surface area contributed by atoms with Gasteiger partial charge in [-0.05, 0) is 27.2 Å². The van der Waals surface area contributed by atoms with E-state index in [2.05, 4.69) is 0 Å². The standard InChI is InChI=1S/C10H17NO4/c1-7(2)11-6-10(3,15-9(11)14)5-4-8(12)13/h7H,4-6H2,1-3H3,(H,12,13). The Morgan fingerprint density at radius 1 is 1.67 bits per heavy atom. The number of aliphatic carboxylic acids is 1. The van der Waals surface area contributed by atoms with Crippen LogP contribution in [0.15, 0.2) is 0 Å². The van der Waals surface area contributed by atoms with Gasteiger partial charge in [0.05, 0.1) is 6.54 Å². The van der Waals surface area contributed by atoms with E-state index in [0.717, 1.165) is 0 Å². The lowest BCUT2D eigenvalue weighted by Gasteiger charge is -2.22. The lowest BCUT2D eigenvalue weighted by Crippen LogP contribution is -2.35. The van der Waals surface area contributed by atoms with Crippen molar-refractivity contribution in [2.75, 3.05) is 6.54 Å². The average Bonchev–Trinajstić information content (AvgIpc) is 2.40. The van der Waals surface area contributed by atoms with Crippen molar-refractivity contribution in [1.29, 1.82) is 0 Å². The van der Waals surface area contributed by atoms with Crippen molar-refractivity contribution >= 4 is 12.1 Å². The fraction of sp³-hybridized carbons (Fsp3) is 0.800.